The van der Waals surface area contributed by atoms with E-state index in [1.54, 1.807) is 12.1 Å². The van der Waals surface area contributed by atoms with Crippen molar-refractivity contribution in [3.05, 3.63) is 29.6 Å². The first-order chi connectivity index (χ1) is 14.1. The van der Waals surface area contributed by atoms with E-state index in [4.69, 9.17) is 20.7 Å². The number of nitrogens with two attached hydrogens (primary N) is 1. The van der Waals surface area contributed by atoms with Gasteiger partial charge >= 0.3 is 0 Å². The summed E-state index contributed by atoms with van der Waals surface area (Å²) >= 11 is 0. The number of anilines is 1. The van der Waals surface area contributed by atoms with Crippen LogP contribution in [0.1, 0.15) is 68.7 Å². The quantitative estimate of drug-likeness (QED) is 0.829. The standard InChI is InChI=1S/C22H27F2N5/c23-20(24)14-3-8-19-18(11-14)22(29-10-9-15(25)12-29)28-21(27-19)13-1-4-16(5-2-13)26-17-6-7-17/h3,8,11,13,15,17,20H,1-2,4-7,9-10,12,25H2/t13?,15-/m1/s1. The van der Waals surface area contributed by atoms with Crippen LogP contribution in [-0.2, 0) is 0 Å². The zero-order valence-corrected chi connectivity index (χ0v) is 16.5. The van der Waals surface area contributed by atoms with E-state index in [0.717, 1.165) is 55.8 Å². The lowest BCUT2D eigenvalue weighted by molar-refractivity contribution is 0.151. The zero-order valence-electron chi connectivity index (χ0n) is 16.5. The minimum absolute atomic E-state index is 0.0113. The molecule has 0 bridgehead atoms. The van der Waals surface area contributed by atoms with E-state index in [1.807, 2.05) is 0 Å². The maximum atomic E-state index is 13.3. The third-order valence-electron chi connectivity index (χ3n) is 6.33. The summed E-state index contributed by atoms with van der Waals surface area (Å²) in [4.78, 5) is 16.7. The van der Waals surface area contributed by atoms with Gasteiger partial charge in [-0.1, -0.05) is 6.07 Å². The fourth-order valence-corrected chi connectivity index (χ4v) is 4.49. The van der Waals surface area contributed by atoms with Crippen LogP contribution in [0.3, 0.4) is 0 Å². The molecule has 0 spiro atoms. The zero-order chi connectivity index (χ0) is 20.0. The summed E-state index contributed by atoms with van der Waals surface area (Å²) in [6, 6.07) is 5.41. The molecule has 2 aromatic rings. The molecule has 1 aromatic heterocycles. The highest BCUT2D eigenvalue weighted by Gasteiger charge is 2.28. The van der Waals surface area contributed by atoms with Crippen LogP contribution < -0.4 is 10.6 Å². The second kappa shape index (κ2) is 7.59. The molecule has 1 saturated heterocycles. The van der Waals surface area contributed by atoms with Crippen molar-refractivity contribution in [2.45, 2.75) is 69.4 Å². The van der Waals surface area contributed by atoms with Gasteiger partial charge in [-0.25, -0.2) is 18.7 Å². The summed E-state index contributed by atoms with van der Waals surface area (Å²) in [5.74, 6) is 1.89. The first-order valence-corrected chi connectivity index (χ1v) is 10.7. The predicted molar refractivity (Wildman–Crippen MR) is 111 cm³/mol. The number of alkyl halides is 2. The Kier molecular flexibility index (Phi) is 4.94. The molecule has 1 aromatic carbocycles. The topological polar surface area (TPSA) is 67.4 Å². The number of benzene rings is 1. The van der Waals surface area contributed by atoms with Crippen LogP contribution in [-0.4, -0.2) is 40.9 Å². The number of hydrogen-bond donors (Lipinski definition) is 1. The third kappa shape index (κ3) is 3.97. The third-order valence-corrected chi connectivity index (χ3v) is 6.33. The monoisotopic (exact) mass is 399 g/mol. The Balaban J connectivity index is 1.48. The number of aromatic nitrogens is 2. The van der Waals surface area contributed by atoms with Crippen molar-refractivity contribution in [1.82, 2.24) is 9.97 Å². The summed E-state index contributed by atoms with van der Waals surface area (Å²) < 4.78 is 26.6. The lowest BCUT2D eigenvalue weighted by Crippen LogP contribution is -2.27. The van der Waals surface area contributed by atoms with Gasteiger partial charge in [-0.3, -0.25) is 4.99 Å². The predicted octanol–water partition coefficient (Wildman–Crippen LogP) is 4.37. The van der Waals surface area contributed by atoms with E-state index in [2.05, 4.69) is 4.90 Å². The number of aliphatic imine (C=N–C) groups is 1. The number of nitrogens with zero attached hydrogens (tertiary/aromatic N) is 4. The summed E-state index contributed by atoms with van der Waals surface area (Å²) in [7, 11) is 0. The van der Waals surface area contributed by atoms with Gasteiger partial charge in [-0.15, -0.1) is 0 Å². The summed E-state index contributed by atoms with van der Waals surface area (Å²) in [6.07, 6.45) is 4.89. The van der Waals surface area contributed by atoms with Gasteiger partial charge in [0.05, 0.1) is 11.6 Å². The molecular weight excluding hydrogens is 372 g/mol. The van der Waals surface area contributed by atoms with Crippen molar-refractivity contribution in [2.24, 2.45) is 10.7 Å². The van der Waals surface area contributed by atoms with Gasteiger partial charge in [-0.2, -0.15) is 0 Å². The molecule has 7 heteroatoms. The fourth-order valence-electron chi connectivity index (χ4n) is 4.49. The molecule has 1 atom stereocenters. The second-order valence-corrected chi connectivity index (χ2v) is 8.68. The Labute approximate surface area is 169 Å². The van der Waals surface area contributed by atoms with Crippen LogP contribution in [0.15, 0.2) is 23.2 Å². The highest BCUT2D eigenvalue weighted by molar-refractivity contribution is 5.90. The second-order valence-electron chi connectivity index (χ2n) is 8.68. The molecule has 0 amide bonds. The maximum absolute atomic E-state index is 13.3. The smallest absolute Gasteiger partial charge is 0.263 e. The highest BCUT2D eigenvalue weighted by atomic mass is 19.3. The Morgan fingerprint density at radius 2 is 1.86 bits per heavy atom. The van der Waals surface area contributed by atoms with Crippen LogP contribution in [0.25, 0.3) is 10.9 Å². The molecule has 5 nitrogen and oxygen atoms in total. The number of hydrogen-bond acceptors (Lipinski definition) is 5. The number of halogens is 2. The summed E-state index contributed by atoms with van der Waals surface area (Å²) in [6.45, 7) is 1.50. The molecule has 0 unspecified atom stereocenters. The molecule has 2 N–H and O–H groups in total. The van der Waals surface area contributed by atoms with Crippen molar-refractivity contribution >= 4 is 22.4 Å². The maximum Gasteiger partial charge on any atom is 0.263 e. The van der Waals surface area contributed by atoms with Gasteiger partial charge in [0.25, 0.3) is 6.43 Å². The highest BCUT2D eigenvalue weighted by Crippen LogP contribution is 2.36. The molecule has 2 saturated carbocycles. The van der Waals surface area contributed by atoms with Crippen LogP contribution in [0, 0.1) is 0 Å². The molecule has 1 aliphatic heterocycles. The number of fused-ring (bicyclic) bond motifs is 1. The van der Waals surface area contributed by atoms with Gasteiger partial charge < -0.3 is 10.6 Å². The van der Waals surface area contributed by atoms with E-state index in [-0.39, 0.29) is 11.6 Å². The van der Waals surface area contributed by atoms with Crippen LogP contribution in [0.2, 0.25) is 0 Å². The Morgan fingerprint density at radius 1 is 1.07 bits per heavy atom. The van der Waals surface area contributed by atoms with Gasteiger partial charge in [0, 0.05) is 41.7 Å². The van der Waals surface area contributed by atoms with Gasteiger partial charge in [0.15, 0.2) is 0 Å². The summed E-state index contributed by atoms with van der Waals surface area (Å²) in [5, 5.41) is 0.701. The van der Waals surface area contributed by atoms with Crippen LogP contribution in [0.5, 0.6) is 0 Å². The lowest BCUT2D eigenvalue weighted by Gasteiger charge is -2.25. The van der Waals surface area contributed by atoms with Crippen LogP contribution >= 0.6 is 0 Å². The summed E-state index contributed by atoms with van der Waals surface area (Å²) in [5.41, 5.74) is 8.21. The van der Waals surface area contributed by atoms with E-state index in [1.165, 1.54) is 24.6 Å². The molecule has 154 valence electrons. The van der Waals surface area contributed by atoms with Crippen molar-refractivity contribution in [1.29, 1.82) is 0 Å². The minimum Gasteiger partial charge on any atom is -0.354 e. The molecule has 5 rings (SSSR count). The Hall–Kier alpha value is -2.15. The van der Waals surface area contributed by atoms with Crippen molar-refractivity contribution in [3.63, 3.8) is 0 Å². The van der Waals surface area contributed by atoms with Gasteiger partial charge in [0.2, 0.25) is 0 Å². The Morgan fingerprint density at radius 3 is 2.52 bits per heavy atom. The van der Waals surface area contributed by atoms with E-state index in [0.29, 0.717) is 23.9 Å². The van der Waals surface area contributed by atoms with E-state index < -0.39 is 6.43 Å². The minimum atomic E-state index is -2.50. The van der Waals surface area contributed by atoms with Crippen LogP contribution in [0.4, 0.5) is 14.6 Å². The SMILES string of the molecule is N[C@@H]1CCN(c2nc(C3CCC(=NC4CC4)CC3)nc3ccc(C(F)F)cc23)C1. The van der Waals surface area contributed by atoms with E-state index in [9.17, 15) is 8.78 Å². The molecule has 3 fully saturated rings. The van der Waals surface area contributed by atoms with Gasteiger partial charge in [-0.05, 0) is 57.1 Å². The molecule has 2 aliphatic carbocycles. The molecule has 3 aliphatic rings. The number of rotatable bonds is 4. The molecular formula is C22H27F2N5. The average Bonchev–Trinajstić information content (AvgIpc) is 3.44. The van der Waals surface area contributed by atoms with Crippen molar-refractivity contribution in [2.75, 3.05) is 18.0 Å². The first kappa shape index (κ1) is 18.9. The average molecular weight is 399 g/mol. The van der Waals surface area contributed by atoms with Gasteiger partial charge in [0.1, 0.15) is 11.6 Å². The molecule has 29 heavy (non-hydrogen) atoms. The molecule has 0 radical (unpaired) electrons. The largest absolute Gasteiger partial charge is 0.354 e. The fraction of sp³-hybridized carbons (Fsp3) is 0.591. The van der Waals surface area contributed by atoms with Crippen molar-refractivity contribution in [3.8, 4) is 0 Å². The van der Waals surface area contributed by atoms with Crippen molar-refractivity contribution < 1.29 is 8.78 Å². The first-order valence-electron chi connectivity index (χ1n) is 10.7. The molecule has 2 heterocycles. The lowest BCUT2D eigenvalue weighted by atomic mass is 9.87. The normalized spacial score (nSPS) is 25.2. The Bertz CT molecular complexity index is 930. The van der Waals surface area contributed by atoms with E-state index >= 15 is 0 Å².